The van der Waals surface area contributed by atoms with E-state index in [0.717, 1.165) is 131 Å². The number of hydrogen-bond donors (Lipinski definition) is 12. The van der Waals surface area contributed by atoms with Crippen LogP contribution in [0.3, 0.4) is 0 Å². The number of benzene rings is 8. The van der Waals surface area contributed by atoms with Crippen LogP contribution in [0.2, 0.25) is 20.1 Å². The third-order valence-electron chi connectivity index (χ3n) is 22.5. The molecule has 8 aromatic carbocycles. The topological polar surface area (TPSA) is 411 Å². The molecule has 8 amide bonds. The summed E-state index contributed by atoms with van der Waals surface area (Å²) in [5, 5.41) is 56.6. The molecule has 12 N–H and O–H groups in total. The van der Waals surface area contributed by atoms with Gasteiger partial charge in [0, 0.05) is 120 Å². The summed E-state index contributed by atoms with van der Waals surface area (Å²) in [6, 6.07) is 53.9. The third-order valence-corrected chi connectivity index (χ3v) is 23.8. The number of carbonyl (C=O) groups is 8. The molecule has 4 aliphatic rings. The van der Waals surface area contributed by atoms with Gasteiger partial charge in [-0.25, -0.2) is 28.7 Å². The fourth-order valence-electron chi connectivity index (χ4n) is 15.1. The van der Waals surface area contributed by atoms with Gasteiger partial charge >= 0.3 is 0 Å². The Kier molecular flexibility index (Phi) is 35.0. The Hall–Kier alpha value is -14.9. The van der Waals surface area contributed by atoms with Crippen molar-refractivity contribution in [1.29, 1.82) is 21.6 Å². The number of aryl methyl sites for hydroxylation is 1. The van der Waals surface area contributed by atoms with Crippen molar-refractivity contribution in [3.05, 3.63) is 340 Å². The highest BCUT2D eigenvalue weighted by molar-refractivity contribution is 9.10. The number of carbonyl (C=O) groups excluding carboxylic acids is 8. The largest absolute Gasteiger partial charge is 0.497 e. The Morgan fingerprint density at radius 3 is 0.899 bits per heavy atom. The Bertz CT molecular complexity index is 6530. The first-order valence-electron chi connectivity index (χ1n) is 43.9. The molecule has 4 aromatic heterocycles. The minimum Gasteiger partial charge on any atom is -0.497 e. The van der Waals surface area contributed by atoms with Crippen LogP contribution in [0.1, 0.15) is 175 Å². The number of amidine groups is 4. The van der Waals surface area contributed by atoms with Gasteiger partial charge in [0.2, 0.25) is 0 Å². The zero-order valence-corrected chi connectivity index (χ0v) is 79.6. The first-order chi connectivity index (χ1) is 66.5. The van der Waals surface area contributed by atoms with Crippen molar-refractivity contribution < 1.29 is 56.6 Å². The van der Waals surface area contributed by atoms with Crippen LogP contribution in [-0.4, -0.2) is 177 Å². The minimum atomic E-state index is -0.760. The Labute approximate surface area is 822 Å². The molecule has 0 saturated carbocycles. The molecular weight excluding hydrogens is 1910 g/mol. The van der Waals surface area contributed by atoms with Crippen LogP contribution in [-0.2, 0) is 0 Å². The predicted molar refractivity (Wildman–Crippen MR) is 537 cm³/mol. The number of methoxy groups -OCH3 is 2. The summed E-state index contributed by atoms with van der Waals surface area (Å²) < 4.78 is 41.0. The molecule has 8 heterocycles. The summed E-state index contributed by atoms with van der Waals surface area (Å²) in [6.45, 7) is 8.42. The van der Waals surface area contributed by atoms with E-state index in [2.05, 4.69) is 83.3 Å². The zero-order valence-electron chi connectivity index (χ0n) is 75.0. The molecule has 0 unspecified atom stereocenters. The molecule has 4 aliphatic heterocycles. The summed E-state index contributed by atoms with van der Waals surface area (Å²) in [6.07, 6.45) is 16.5. The molecule has 16 rings (SSSR count). The van der Waals surface area contributed by atoms with Crippen LogP contribution in [0.15, 0.2) is 236 Å². The lowest BCUT2D eigenvalue weighted by atomic mass is 10.1. The SMILES string of the molecule is COc1ccc(NC(=O)c2ccc(C(=N)N3CCCC3)cc2)c(C(=O)Nc2ccc(Br)cn2)c1.COc1ccc(NC(=O)c2ccc(C(=N)N3CCCCC3)cc2)c(C(=O)Nc2ccc(Cl)cn2)c1.Cc1ccc(NC(=O)c2ccc(C(=N)N3CCCCC3)cc2F)c(C(=O)Nc2ccc(Cl)cn2)c1.N=C(c1ccc(C(=O)Nc2ccc(Cl)cc2C(=O)Nc2ccc(Cl)cn2)c(F)c1)N1CCCC1. The maximum absolute atomic E-state index is 14.9. The van der Waals surface area contributed by atoms with E-state index in [1.807, 2.05) is 21.6 Å². The highest BCUT2D eigenvalue weighted by Crippen LogP contribution is 2.32. The number of rotatable bonds is 22. The first-order valence-corrected chi connectivity index (χ1v) is 46.2. The summed E-state index contributed by atoms with van der Waals surface area (Å²) >= 11 is 26.9. The standard InChI is InChI=1S/C26H25ClFN5O2.C26H26ClN5O3.C25H24BrN5O3.C24H20Cl2FN5O2/c1-16-5-9-22(20(13-16)26(35)32-23-10-7-18(27)15-30-23)31-25(34)19-8-6-17(14-21(19)28)24(29)33-11-3-2-4-12-33;1-35-20-10-11-22(21(15-20)26(34)31-23-12-9-19(27)16-29-23)30-25(33)18-7-5-17(6-8-18)24(28)32-13-3-2-4-14-32;1-34-19-9-10-21(20(14-19)25(33)30-22-11-8-18(26)15-28-22)29-24(32)17-6-4-16(5-7-17)23(27)31-12-2-3-13-31;25-15-4-7-20(18(12-15)24(34)31-21-8-5-16(26)13-29-21)30-23(33)17-6-3-14(11-19(17)27)22(28)32-9-1-2-10-32/h5-10,13-15,29H,2-4,11-12H2,1H3,(H,31,34)(H,30,32,35);5-12,15-16,28H,2-4,13-14H2,1H3,(H,30,33)(H,29,31,34);4-11,14-15,27H,2-3,12-13H2,1H3,(H,29,32)(H,28,30,33);3-8,11-13,28H,1-2,9-10H2,(H,30,33)(H,29,31,34). The number of amides is 8. The number of piperidine rings is 2. The summed E-state index contributed by atoms with van der Waals surface area (Å²) in [4.78, 5) is 127. The minimum absolute atomic E-state index is 0.0745. The average Bonchev–Trinajstić information content (AvgIpc) is 0.986. The van der Waals surface area contributed by atoms with Crippen LogP contribution >= 0.6 is 62.3 Å². The lowest BCUT2D eigenvalue weighted by Crippen LogP contribution is -2.35. The lowest BCUT2D eigenvalue weighted by Gasteiger charge is -2.29. The number of anilines is 8. The number of ether oxygens (including phenoxy) is 2. The van der Waals surface area contributed by atoms with Crippen LogP contribution in [0.4, 0.5) is 54.8 Å². The van der Waals surface area contributed by atoms with Crippen molar-refractivity contribution in [2.45, 2.75) is 71.1 Å². The fourth-order valence-corrected chi connectivity index (χ4v) is 15.8. The molecule has 0 bridgehead atoms. The first kappa shape index (κ1) is 101. The van der Waals surface area contributed by atoms with E-state index in [0.29, 0.717) is 89.3 Å². The molecule has 138 heavy (non-hydrogen) atoms. The predicted octanol–water partition coefficient (Wildman–Crippen LogP) is 20.8. The van der Waals surface area contributed by atoms with E-state index in [-0.39, 0.29) is 79.1 Å². The molecular formula is C101H95BrCl4F2N20O10. The van der Waals surface area contributed by atoms with Gasteiger partial charge in [0.1, 0.15) is 69.7 Å². The van der Waals surface area contributed by atoms with Gasteiger partial charge in [0.25, 0.3) is 47.3 Å². The van der Waals surface area contributed by atoms with E-state index in [9.17, 15) is 47.1 Å². The van der Waals surface area contributed by atoms with Gasteiger partial charge in [0.15, 0.2) is 0 Å². The van der Waals surface area contributed by atoms with Crippen LogP contribution in [0.5, 0.6) is 11.5 Å². The van der Waals surface area contributed by atoms with Gasteiger partial charge in [-0.3, -0.25) is 60.0 Å². The van der Waals surface area contributed by atoms with E-state index in [1.54, 1.807) is 164 Å². The number of nitrogens with zero attached hydrogens (tertiary/aromatic N) is 8. The zero-order chi connectivity index (χ0) is 98.1. The molecule has 37 heteroatoms. The molecule has 30 nitrogen and oxygen atoms in total. The van der Waals surface area contributed by atoms with E-state index in [4.69, 9.17) is 77.5 Å². The highest BCUT2D eigenvalue weighted by atomic mass is 79.9. The van der Waals surface area contributed by atoms with Gasteiger partial charge in [-0.15, -0.1) is 0 Å². The summed E-state index contributed by atoms with van der Waals surface area (Å²) in [7, 11) is 3.01. The molecule has 0 atom stereocenters. The van der Waals surface area contributed by atoms with Crippen molar-refractivity contribution in [1.82, 2.24) is 39.5 Å². The molecule has 12 aromatic rings. The maximum atomic E-state index is 14.9. The smallest absolute Gasteiger partial charge is 0.259 e. The van der Waals surface area contributed by atoms with Crippen molar-refractivity contribution >= 4 is 179 Å². The Morgan fingerprint density at radius 2 is 0.572 bits per heavy atom. The summed E-state index contributed by atoms with van der Waals surface area (Å²) in [5.41, 5.74) is 5.42. The number of likely N-dealkylation sites (tertiary alicyclic amines) is 4. The molecule has 0 radical (unpaired) electrons. The number of pyridine rings is 4. The second kappa shape index (κ2) is 48.0. The fraction of sp³-hybridized carbons (Fsp3) is 0.208. The van der Waals surface area contributed by atoms with Gasteiger partial charge in [-0.2, -0.15) is 0 Å². The van der Waals surface area contributed by atoms with Crippen molar-refractivity contribution in [3.63, 3.8) is 0 Å². The van der Waals surface area contributed by atoms with Gasteiger partial charge in [-0.1, -0.05) is 94.4 Å². The molecule has 4 saturated heterocycles. The summed E-state index contributed by atoms with van der Waals surface area (Å²) in [5.74, 6) is -1.94. The second-order valence-corrected chi connectivity index (χ2v) is 34.7. The molecule has 0 spiro atoms. The van der Waals surface area contributed by atoms with E-state index in [1.165, 1.54) is 87.8 Å². The third kappa shape index (κ3) is 27.3. The number of hydrogen-bond acceptors (Lipinski definition) is 18. The normalized spacial score (nSPS) is 13.1. The van der Waals surface area contributed by atoms with Crippen molar-refractivity contribution in [2.24, 2.45) is 0 Å². The van der Waals surface area contributed by atoms with Crippen molar-refractivity contribution in [3.8, 4) is 11.5 Å². The van der Waals surface area contributed by atoms with Crippen LogP contribution < -0.4 is 52.0 Å². The quantitative estimate of drug-likeness (QED) is 0.0221. The second-order valence-electron chi connectivity index (χ2n) is 32.1. The van der Waals surface area contributed by atoms with Crippen LogP contribution in [0, 0.1) is 40.2 Å². The van der Waals surface area contributed by atoms with Gasteiger partial charge in [-0.05, 0) is 251 Å². The van der Waals surface area contributed by atoms with E-state index < -0.39 is 47.1 Å². The van der Waals surface area contributed by atoms with Crippen molar-refractivity contribution in [2.75, 3.05) is 109 Å². The van der Waals surface area contributed by atoms with E-state index >= 15 is 0 Å². The average molecular weight is 2010 g/mol. The highest BCUT2D eigenvalue weighted by Gasteiger charge is 2.28. The molecule has 4 fully saturated rings. The maximum Gasteiger partial charge on any atom is 0.259 e. The van der Waals surface area contributed by atoms with Crippen LogP contribution in [0.25, 0.3) is 0 Å². The molecule has 0 aliphatic carbocycles. The number of aromatic nitrogens is 4. The lowest BCUT2D eigenvalue weighted by molar-refractivity contribution is 0.100. The van der Waals surface area contributed by atoms with Gasteiger partial charge in [0.05, 0.1) is 85.4 Å². The number of nitrogens with one attached hydrogen (secondary N) is 12. The molecule has 708 valence electrons. The van der Waals surface area contributed by atoms with Gasteiger partial charge < -0.3 is 71.6 Å². The Morgan fingerprint density at radius 1 is 0.297 bits per heavy atom. The number of halogens is 7. The monoisotopic (exact) mass is 2000 g/mol. The Balaban J connectivity index is 0.000000155.